The Morgan fingerprint density at radius 3 is 0.947 bits per heavy atom. The third-order valence-electron chi connectivity index (χ3n) is 1.34. The molecule has 0 unspecified atom stereocenters. The first kappa shape index (κ1) is 17.4. The molecule has 0 amide bonds. The molecule has 0 bridgehead atoms. The van der Waals surface area contributed by atoms with E-state index in [1.165, 1.54) is 0 Å². The molecule has 0 spiro atoms. The molecule has 0 radical (unpaired) electrons. The monoisotopic (exact) mass is 325 g/mol. The van der Waals surface area contributed by atoms with Crippen molar-refractivity contribution in [2.24, 2.45) is 0 Å². The molecule has 1 aromatic rings. The van der Waals surface area contributed by atoms with Crippen LogP contribution in [-0.4, -0.2) is 9.97 Å². The van der Waals surface area contributed by atoms with Crippen LogP contribution in [0.1, 0.15) is 0 Å². The van der Waals surface area contributed by atoms with Gasteiger partial charge in [-0.3, -0.25) is 0 Å². The van der Waals surface area contributed by atoms with Crippen LogP contribution in [0.2, 0.25) is 0 Å². The molecular weight excluding hydrogens is 322 g/mol. The Hall–Kier alpha value is -1.60. The van der Waals surface area contributed by atoms with Gasteiger partial charge in [0.2, 0.25) is 0 Å². The Labute approximate surface area is 126 Å². The Kier molecular flexibility index (Phi) is 8.56. The molecule has 0 saturated carbocycles. The Morgan fingerprint density at radius 1 is 0.579 bits per heavy atom. The number of thioether (sulfide) groups is 4. The first-order chi connectivity index (χ1) is 8.76. The van der Waals surface area contributed by atoms with E-state index in [-0.39, 0.29) is 26.3 Å². The maximum Gasteiger partial charge on any atom is 0.145 e. The van der Waals surface area contributed by atoms with E-state index in [0.29, 0.717) is 0 Å². The van der Waals surface area contributed by atoms with Gasteiger partial charge in [0, 0.05) is 47.0 Å². The van der Waals surface area contributed by atoms with Crippen molar-refractivity contribution in [2.45, 2.75) is 20.1 Å². The van der Waals surface area contributed by atoms with Gasteiger partial charge in [0.15, 0.2) is 0 Å². The quantitative estimate of drug-likeness (QED) is 0.640. The molecule has 1 aromatic heterocycles. The Morgan fingerprint density at radius 2 is 0.789 bits per heavy atom. The van der Waals surface area contributed by atoms with Crippen LogP contribution in [0.4, 0.5) is 0 Å². The van der Waals surface area contributed by atoms with Crippen LogP contribution in [0.3, 0.4) is 0 Å². The maximum atomic E-state index is 8.63. The average molecular weight is 325 g/mol. The summed E-state index contributed by atoms with van der Waals surface area (Å²) >= 11 is 3.02. The summed E-state index contributed by atoms with van der Waals surface area (Å²) in [5, 5.41) is 42.9. The highest BCUT2D eigenvalue weighted by molar-refractivity contribution is 8.07. The lowest BCUT2D eigenvalue weighted by atomic mass is 10.7. The van der Waals surface area contributed by atoms with Gasteiger partial charge in [0.1, 0.15) is 41.7 Å². The first-order valence-electron chi connectivity index (χ1n) is 3.92. The highest BCUT2D eigenvalue weighted by atomic mass is 32.2. The molecule has 0 aromatic carbocycles. The fourth-order valence-corrected chi connectivity index (χ4v) is 2.86. The number of aromatic nitrogens is 2. The third-order valence-corrected chi connectivity index (χ3v) is 3.88. The summed E-state index contributed by atoms with van der Waals surface area (Å²) in [4.78, 5) is 8.13. The van der Waals surface area contributed by atoms with Gasteiger partial charge in [-0.05, 0) is 0 Å². The van der Waals surface area contributed by atoms with Crippen LogP contribution in [-0.2, 0) is 0 Å². The van der Waals surface area contributed by atoms with Crippen molar-refractivity contribution < 1.29 is 0 Å². The van der Waals surface area contributed by atoms with Gasteiger partial charge in [-0.2, -0.15) is 21.0 Å². The lowest BCUT2D eigenvalue weighted by Gasteiger charge is -2.04. The van der Waals surface area contributed by atoms with Gasteiger partial charge in [0.25, 0.3) is 0 Å². The number of nitriles is 4. The summed E-state index contributed by atoms with van der Waals surface area (Å²) in [7, 11) is 0. The van der Waals surface area contributed by atoms with E-state index < -0.39 is 0 Å². The first-order valence-corrected chi connectivity index (χ1v) is 7.19. The van der Waals surface area contributed by atoms with Crippen molar-refractivity contribution in [3.8, 4) is 21.6 Å². The normalized spacial score (nSPS) is 8.21. The smallest absolute Gasteiger partial charge is 0.145 e. The molecule has 0 fully saturated rings. The van der Waals surface area contributed by atoms with Crippen molar-refractivity contribution in [1.29, 1.82) is 21.0 Å². The second-order valence-electron chi connectivity index (χ2n) is 2.22. The highest BCUT2D eigenvalue weighted by Crippen LogP contribution is 2.34. The van der Waals surface area contributed by atoms with E-state index in [4.69, 9.17) is 21.0 Å². The zero-order valence-electron chi connectivity index (χ0n) is 9.02. The molecule has 0 aliphatic rings. The fraction of sp³-hybridized carbons (Fsp3) is 0. The van der Waals surface area contributed by atoms with Crippen LogP contribution < -0.4 is 6.15 Å². The van der Waals surface area contributed by atoms with Crippen LogP contribution in [0.15, 0.2) is 20.1 Å². The lowest BCUT2D eigenvalue weighted by Crippen LogP contribution is -1.94. The van der Waals surface area contributed by atoms with Crippen molar-refractivity contribution in [3.05, 3.63) is 0 Å². The molecule has 0 aliphatic heterocycles. The van der Waals surface area contributed by atoms with Gasteiger partial charge in [-0.15, -0.1) is 0 Å². The molecule has 11 heteroatoms. The van der Waals surface area contributed by atoms with E-state index in [9.17, 15) is 0 Å². The largest absolute Gasteiger partial charge is 0.344 e. The SMILES string of the molecule is N.N#CSc1nc(SC#N)c(SC#N)nc1SC#N. The average Bonchev–Trinajstić information content (AvgIpc) is 2.35. The standard InChI is InChI=1S/C8N6S4.H3N/c9-1-15-5-6(16-2-10)14-8(18-4-12)7(13-5)17-3-11;/h;1H3. The third kappa shape index (κ3) is 4.88. The minimum atomic E-state index is 0. The van der Waals surface area contributed by atoms with Crippen molar-refractivity contribution in [3.63, 3.8) is 0 Å². The summed E-state index contributed by atoms with van der Waals surface area (Å²) in [6.07, 6.45) is 0. The van der Waals surface area contributed by atoms with E-state index in [2.05, 4.69) is 9.97 Å². The number of rotatable bonds is 4. The van der Waals surface area contributed by atoms with Crippen LogP contribution in [0.25, 0.3) is 0 Å². The number of hydrogen-bond acceptors (Lipinski definition) is 11. The molecule has 1 rings (SSSR count). The fourth-order valence-electron chi connectivity index (χ4n) is 0.815. The summed E-state index contributed by atoms with van der Waals surface area (Å²) in [6.45, 7) is 0. The van der Waals surface area contributed by atoms with E-state index in [1.807, 2.05) is 21.6 Å². The molecule has 0 saturated heterocycles. The maximum absolute atomic E-state index is 8.63. The minimum absolute atomic E-state index is 0. The molecule has 1 heterocycles. The van der Waals surface area contributed by atoms with Crippen molar-refractivity contribution in [1.82, 2.24) is 16.1 Å². The summed E-state index contributed by atoms with van der Waals surface area (Å²) in [5.41, 5.74) is 0. The second kappa shape index (κ2) is 9.35. The topological polar surface area (TPSA) is 156 Å². The summed E-state index contributed by atoms with van der Waals surface area (Å²) in [5.74, 6) is 0. The zero-order chi connectivity index (χ0) is 13.4. The van der Waals surface area contributed by atoms with Gasteiger partial charge in [0.05, 0.1) is 0 Å². The number of hydrogen-bond donors (Lipinski definition) is 1. The van der Waals surface area contributed by atoms with E-state index in [0.717, 1.165) is 47.0 Å². The van der Waals surface area contributed by atoms with Crippen LogP contribution >= 0.6 is 47.0 Å². The van der Waals surface area contributed by atoms with Crippen LogP contribution in [0.5, 0.6) is 0 Å². The van der Waals surface area contributed by atoms with E-state index in [1.54, 1.807) is 0 Å². The zero-order valence-corrected chi connectivity index (χ0v) is 12.3. The predicted octanol–water partition coefficient (Wildman–Crippen LogP) is 2.93. The van der Waals surface area contributed by atoms with Crippen molar-refractivity contribution in [2.75, 3.05) is 0 Å². The molecular formula is C8H3N7S4. The molecule has 0 atom stereocenters. The Balaban J connectivity index is 0.00000324. The van der Waals surface area contributed by atoms with Crippen molar-refractivity contribution >= 4 is 47.0 Å². The molecule has 3 N–H and O–H groups in total. The van der Waals surface area contributed by atoms with Gasteiger partial charge >= 0.3 is 0 Å². The molecule has 94 valence electrons. The Bertz CT molecular complexity index is 512. The minimum Gasteiger partial charge on any atom is -0.344 e. The van der Waals surface area contributed by atoms with Gasteiger partial charge < -0.3 is 6.15 Å². The number of thiocyanates is 4. The lowest BCUT2D eigenvalue weighted by molar-refractivity contribution is 0.772. The highest BCUT2D eigenvalue weighted by Gasteiger charge is 2.16. The summed E-state index contributed by atoms with van der Waals surface area (Å²) in [6, 6.07) is 0. The summed E-state index contributed by atoms with van der Waals surface area (Å²) < 4.78 is 0. The van der Waals surface area contributed by atoms with Gasteiger partial charge in [-0.1, -0.05) is 0 Å². The van der Waals surface area contributed by atoms with Gasteiger partial charge in [-0.25, -0.2) is 9.97 Å². The van der Waals surface area contributed by atoms with E-state index >= 15 is 0 Å². The van der Waals surface area contributed by atoms with Crippen LogP contribution in [0, 0.1) is 42.7 Å². The second-order valence-corrected chi connectivity index (χ2v) is 5.31. The molecule has 0 aliphatic carbocycles. The molecule has 7 nitrogen and oxygen atoms in total. The molecule has 19 heavy (non-hydrogen) atoms. The predicted molar refractivity (Wildman–Crippen MR) is 72.9 cm³/mol. The number of nitrogens with zero attached hydrogens (tertiary/aromatic N) is 6.